The average molecular weight is 315 g/mol. The van der Waals surface area contributed by atoms with Gasteiger partial charge in [-0.1, -0.05) is 44.2 Å². The number of hydrogen-bond acceptors (Lipinski definition) is 2. The Kier molecular flexibility index (Phi) is 4.90. The zero-order chi connectivity index (χ0) is 16.3. The van der Waals surface area contributed by atoms with Crippen LogP contribution < -0.4 is 5.32 Å². The predicted molar refractivity (Wildman–Crippen MR) is 94.6 cm³/mol. The second kappa shape index (κ2) is 6.91. The minimum atomic E-state index is 0.205. The second-order valence-electron chi connectivity index (χ2n) is 7.51. The van der Waals surface area contributed by atoms with Gasteiger partial charge in [0.25, 0.3) is 0 Å². The van der Waals surface area contributed by atoms with Gasteiger partial charge in [0.15, 0.2) is 5.96 Å². The fraction of sp³-hybridized carbons (Fsp3) is 0.632. The SMILES string of the molecule is CN=C(NCC1CCOC1c1ccccc1)N1CCC(C)(C)C1. The molecule has 0 amide bonds. The lowest BCUT2D eigenvalue weighted by molar-refractivity contribution is 0.0913. The van der Waals surface area contributed by atoms with Crippen LogP contribution in [0.5, 0.6) is 0 Å². The molecular formula is C19H29N3O. The normalized spacial score (nSPS) is 27.4. The first-order valence-corrected chi connectivity index (χ1v) is 8.71. The van der Waals surface area contributed by atoms with E-state index in [1.165, 1.54) is 12.0 Å². The van der Waals surface area contributed by atoms with Crippen LogP contribution in [0.1, 0.15) is 38.4 Å². The molecule has 2 saturated heterocycles. The Morgan fingerprint density at radius 1 is 1.35 bits per heavy atom. The summed E-state index contributed by atoms with van der Waals surface area (Å²) in [6, 6.07) is 10.6. The van der Waals surface area contributed by atoms with Crippen molar-refractivity contribution in [1.29, 1.82) is 0 Å². The minimum absolute atomic E-state index is 0.205. The van der Waals surface area contributed by atoms with Gasteiger partial charge >= 0.3 is 0 Å². The molecule has 2 heterocycles. The molecule has 2 aliphatic heterocycles. The summed E-state index contributed by atoms with van der Waals surface area (Å²) in [6.07, 6.45) is 2.54. The van der Waals surface area contributed by atoms with Crippen LogP contribution in [0.25, 0.3) is 0 Å². The highest BCUT2D eigenvalue weighted by Gasteiger charge is 2.33. The summed E-state index contributed by atoms with van der Waals surface area (Å²) in [5.41, 5.74) is 1.68. The molecular weight excluding hydrogens is 286 g/mol. The van der Waals surface area contributed by atoms with Crippen molar-refractivity contribution in [3.8, 4) is 0 Å². The van der Waals surface area contributed by atoms with Crippen LogP contribution in [-0.2, 0) is 4.74 Å². The molecule has 0 radical (unpaired) electrons. The van der Waals surface area contributed by atoms with Crippen LogP contribution in [-0.4, -0.2) is 44.1 Å². The lowest BCUT2D eigenvalue weighted by Gasteiger charge is -2.26. The molecule has 1 aromatic carbocycles. The smallest absolute Gasteiger partial charge is 0.193 e. The zero-order valence-electron chi connectivity index (χ0n) is 14.6. The first-order chi connectivity index (χ1) is 11.1. The van der Waals surface area contributed by atoms with Crippen LogP contribution in [0.15, 0.2) is 35.3 Å². The van der Waals surface area contributed by atoms with E-state index in [0.717, 1.165) is 38.6 Å². The maximum atomic E-state index is 5.98. The molecule has 4 heteroatoms. The van der Waals surface area contributed by atoms with E-state index in [1.54, 1.807) is 0 Å². The standard InChI is InChI=1S/C19H29N3O/c1-19(2)10-11-22(14-19)18(20-3)21-13-16-9-12-23-17(16)15-7-5-4-6-8-15/h4-8,16-17H,9-14H2,1-3H3,(H,20,21). The Morgan fingerprint density at radius 3 is 2.78 bits per heavy atom. The highest BCUT2D eigenvalue weighted by Crippen LogP contribution is 2.34. The molecule has 23 heavy (non-hydrogen) atoms. The van der Waals surface area contributed by atoms with Gasteiger partial charge in [-0.05, 0) is 23.8 Å². The number of ether oxygens (including phenoxy) is 1. The molecule has 2 atom stereocenters. The molecule has 2 fully saturated rings. The van der Waals surface area contributed by atoms with E-state index in [9.17, 15) is 0 Å². The van der Waals surface area contributed by atoms with E-state index in [1.807, 2.05) is 7.05 Å². The summed E-state index contributed by atoms with van der Waals surface area (Å²) in [6.45, 7) is 8.60. The highest BCUT2D eigenvalue weighted by molar-refractivity contribution is 5.80. The van der Waals surface area contributed by atoms with Gasteiger partial charge in [0.2, 0.25) is 0 Å². The van der Waals surface area contributed by atoms with Crippen molar-refractivity contribution in [2.45, 2.75) is 32.8 Å². The average Bonchev–Trinajstić information content (AvgIpc) is 3.15. The number of benzene rings is 1. The van der Waals surface area contributed by atoms with Crippen molar-refractivity contribution in [2.24, 2.45) is 16.3 Å². The predicted octanol–water partition coefficient (Wildman–Crippen LogP) is 3.07. The molecule has 0 saturated carbocycles. The van der Waals surface area contributed by atoms with Crippen LogP contribution in [0, 0.1) is 11.3 Å². The van der Waals surface area contributed by atoms with E-state index < -0.39 is 0 Å². The third-order valence-electron chi connectivity index (χ3n) is 5.05. The molecule has 0 aromatic heterocycles. The Morgan fingerprint density at radius 2 is 2.13 bits per heavy atom. The largest absolute Gasteiger partial charge is 0.373 e. The molecule has 4 nitrogen and oxygen atoms in total. The van der Waals surface area contributed by atoms with E-state index >= 15 is 0 Å². The van der Waals surface area contributed by atoms with Crippen LogP contribution in [0.2, 0.25) is 0 Å². The van der Waals surface area contributed by atoms with E-state index in [4.69, 9.17) is 4.74 Å². The molecule has 2 aliphatic rings. The third kappa shape index (κ3) is 3.86. The summed E-state index contributed by atoms with van der Waals surface area (Å²) in [5, 5.41) is 3.59. The number of nitrogens with zero attached hydrogens (tertiary/aromatic N) is 2. The summed E-state index contributed by atoms with van der Waals surface area (Å²) < 4.78 is 5.98. The van der Waals surface area contributed by atoms with Crippen molar-refractivity contribution < 1.29 is 4.74 Å². The maximum absolute atomic E-state index is 5.98. The van der Waals surface area contributed by atoms with Crippen molar-refractivity contribution in [3.63, 3.8) is 0 Å². The molecule has 126 valence electrons. The summed E-state index contributed by atoms with van der Waals surface area (Å²) >= 11 is 0. The van der Waals surface area contributed by atoms with Crippen molar-refractivity contribution >= 4 is 5.96 Å². The molecule has 0 spiro atoms. The lowest BCUT2D eigenvalue weighted by atomic mass is 9.93. The van der Waals surface area contributed by atoms with E-state index in [0.29, 0.717) is 11.3 Å². The van der Waals surface area contributed by atoms with Gasteiger partial charge in [-0.2, -0.15) is 0 Å². The van der Waals surface area contributed by atoms with Crippen molar-refractivity contribution in [3.05, 3.63) is 35.9 Å². The topological polar surface area (TPSA) is 36.9 Å². The summed E-state index contributed by atoms with van der Waals surface area (Å²) in [4.78, 5) is 6.87. The number of nitrogens with one attached hydrogen (secondary N) is 1. The second-order valence-corrected chi connectivity index (χ2v) is 7.51. The molecule has 1 aromatic rings. The zero-order valence-corrected chi connectivity index (χ0v) is 14.6. The fourth-order valence-electron chi connectivity index (χ4n) is 3.70. The minimum Gasteiger partial charge on any atom is -0.373 e. The highest BCUT2D eigenvalue weighted by atomic mass is 16.5. The number of aliphatic imine (C=N–C) groups is 1. The Balaban J connectivity index is 1.58. The Hall–Kier alpha value is -1.55. The summed E-state index contributed by atoms with van der Waals surface area (Å²) in [7, 11) is 1.88. The van der Waals surface area contributed by atoms with Gasteiger partial charge in [-0.25, -0.2) is 0 Å². The van der Waals surface area contributed by atoms with Gasteiger partial charge in [0, 0.05) is 39.2 Å². The first-order valence-electron chi connectivity index (χ1n) is 8.71. The monoisotopic (exact) mass is 315 g/mol. The molecule has 3 rings (SSSR count). The van der Waals surface area contributed by atoms with Gasteiger partial charge in [-0.15, -0.1) is 0 Å². The van der Waals surface area contributed by atoms with Crippen LogP contribution in [0.3, 0.4) is 0 Å². The quantitative estimate of drug-likeness (QED) is 0.688. The fourth-order valence-corrected chi connectivity index (χ4v) is 3.70. The van der Waals surface area contributed by atoms with Crippen molar-refractivity contribution in [2.75, 3.05) is 33.3 Å². The maximum Gasteiger partial charge on any atom is 0.193 e. The Bertz CT molecular complexity index is 541. The van der Waals surface area contributed by atoms with E-state index in [-0.39, 0.29) is 6.10 Å². The molecule has 0 aliphatic carbocycles. The first kappa shape index (κ1) is 16.3. The molecule has 2 unspecified atom stereocenters. The van der Waals surface area contributed by atoms with Gasteiger partial charge in [0.05, 0.1) is 6.10 Å². The lowest BCUT2D eigenvalue weighted by Crippen LogP contribution is -2.42. The summed E-state index contributed by atoms with van der Waals surface area (Å²) in [5.74, 6) is 1.54. The van der Waals surface area contributed by atoms with E-state index in [2.05, 4.69) is 59.4 Å². The number of likely N-dealkylation sites (tertiary alicyclic amines) is 1. The number of guanidine groups is 1. The van der Waals surface area contributed by atoms with Gasteiger partial charge in [0.1, 0.15) is 0 Å². The number of rotatable bonds is 3. The molecule has 1 N–H and O–H groups in total. The Labute approximate surface area is 139 Å². The molecule has 0 bridgehead atoms. The third-order valence-corrected chi connectivity index (χ3v) is 5.05. The van der Waals surface area contributed by atoms with Gasteiger partial charge < -0.3 is 15.0 Å². The van der Waals surface area contributed by atoms with Crippen LogP contribution in [0.4, 0.5) is 0 Å². The number of hydrogen-bond donors (Lipinski definition) is 1. The van der Waals surface area contributed by atoms with Crippen molar-refractivity contribution in [1.82, 2.24) is 10.2 Å². The van der Waals surface area contributed by atoms with Gasteiger partial charge in [-0.3, -0.25) is 4.99 Å². The van der Waals surface area contributed by atoms with Crippen LogP contribution >= 0.6 is 0 Å².